The van der Waals surface area contributed by atoms with Gasteiger partial charge in [0, 0.05) is 32.4 Å². The van der Waals surface area contributed by atoms with Crippen molar-refractivity contribution in [2.45, 2.75) is 43.4 Å². The summed E-state index contributed by atoms with van der Waals surface area (Å²) < 4.78 is 32.8. The number of methoxy groups -OCH3 is 1. The van der Waals surface area contributed by atoms with Gasteiger partial charge in [-0.05, 0) is 36.6 Å². The van der Waals surface area contributed by atoms with Crippen LogP contribution in [0.5, 0.6) is 5.75 Å². The topological polar surface area (TPSA) is 108 Å². The molecule has 35 heavy (non-hydrogen) atoms. The average molecular weight is 499 g/mol. The highest BCUT2D eigenvalue weighted by molar-refractivity contribution is 7.89. The van der Waals surface area contributed by atoms with Crippen LogP contribution in [-0.4, -0.2) is 62.0 Å². The molecule has 2 aromatic carbocycles. The SMILES string of the molecule is COc1ccc(S(=O)(=O)N2CCCCC2)cc1NC(=O)CCC(=O)N1CCC(c2ccccc2)=N1. The zero-order chi connectivity index (χ0) is 24.8. The summed E-state index contributed by atoms with van der Waals surface area (Å²) in [7, 11) is -2.21. The van der Waals surface area contributed by atoms with Crippen molar-refractivity contribution in [1.82, 2.24) is 9.31 Å². The van der Waals surface area contributed by atoms with E-state index in [2.05, 4.69) is 10.4 Å². The van der Waals surface area contributed by atoms with Crippen LogP contribution in [0.25, 0.3) is 0 Å². The minimum Gasteiger partial charge on any atom is -0.495 e. The maximum atomic E-state index is 13.0. The Morgan fingerprint density at radius 3 is 2.46 bits per heavy atom. The molecule has 0 bridgehead atoms. The molecule has 2 aliphatic rings. The molecular weight excluding hydrogens is 468 g/mol. The van der Waals surface area contributed by atoms with E-state index < -0.39 is 15.9 Å². The highest BCUT2D eigenvalue weighted by atomic mass is 32.2. The van der Waals surface area contributed by atoms with E-state index in [1.807, 2.05) is 30.3 Å². The second-order valence-corrected chi connectivity index (χ2v) is 10.5. The maximum Gasteiger partial charge on any atom is 0.243 e. The van der Waals surface area contributed by atoms with E-state index in [0.29, 0.717) is 31.8 Å². The molecule has 10 heteroatoms. The number of rotatable bonds is 8. The first kappa shape index (κ1) is 24.9. The molecule has 186 valence electrons. The van der Waals surface area contributed by atoms with Crippen molar-refractivity contribution in [2.75, 3.05) is 32.1 Å². The molecule has 2 amide bonds. The van der Waals surface area contributed by atoms with Gasteiger partial charge in [-0.3, -0.25) is 9.59 Å². The van der Waals surface area contributed by atoms with Crippen molar-refractivity contribution in [1.29, 1.82) is 0 Å². The van der Waals surface area contributed by atoms with E-state index >= 15 is 0 Å². The van der Waals surface area contributed by atoms with E-state index in [1.54, 1.807) is 0 Å². The minimum absolute atomic E-state index is 0.00845. The lowest BCUT2D eigenvalue weighted by Crippen LogP contribution is -2.35. The van der Waals surface area contributed by atoms with Crippen molar-refractivity contribution in [3.63, 3.8) is 0 Å². The van der Waals surface area contributed by atoms with Crippen molar-refractivity contribution in [3.05, 3.63) is 54.1 Å². The van der Waals surface area contributed by atoms with Crippen LogP contribution in [0.3, 0.4) is 0 Å². The fourth-order valence-corrected chi connectivity index (χ4v) is 5.78. The number of nitrogens with zero attached hydrogens (tertiary/aromatic N) is 3. The molecule has 1 N–H and O–H groups in total. The fraction of sp³-hybridized carbons (Fsp3) is 0.400. The number of nitrogens with one attached hydrogen (secondary N) is 1. The molecule has 4 rings (SSSR count). The Morgan fingerprint density at radius 2 is 1.74 bits per heavy atom. The summed E-state index contributed by atoms with van der Waals surface area (Å²) in [5.74, 6) is -0.297. The molecule has 0 saturated carbocycles. The van der Waals surface area contributed by atoms with Gasteiger partial charge in [0.1, 0.15) is 5.75 Å². The molecule has 0 spiro atoms. The number of benzene rings is 2. The first-order valence-corrected chi connectivity index (χ1v) is 13.2. The maximum absolute atomic E-state index is 13.0. The zero-order valence-corrected chi connectivity index (χ0v) is 20.6. The van der Waals surface area contributed by atoms with Crippen LogP contribution in [0.2, 0.25) is 0 Å². The van der Waals surface area contributed by atoms with Crippen molar-refractivity contribution >= 4 is 33.2 Å². The van der Waals surface area contributed by atoms with E-state index in [9.17, 15) is 18.0 Å². The zero-order valence-electron chi connectivity index (χ0n) is 19.8. The Hall–Kier alpha value is -3.24. The lowest BCUT2D eigenvalue weighted by molar-refractivity contribution is -0.132. The van der Waals surface area contributed by atoms with E-state index in [1.165, 1.54) is 34.6 Å². The Labute approximate surface area is 205 Å². The molecular formula is C25H30N4O5S. The smallest absolute Gasteiger partial charge is 0.243 e. The van der Waals surface area contributed by atoms with Crippen LogP contribution in [0.15, 0.2) is 58.5 Å². The number of carbonyl (C=O) groups excluding carboxylic acids is 2. The van der Waals surface area contributed by atoms with Gasteiger partial charge in [-0.1, -0.05) is 36.8 Å². The average Bonchev–Trinajstić information content (AvgIpc) is 3.39. The third kappa shape index (κ3) is 5.88. The number of hydrazone groups is 1. The predicted octanol–water partition coefficient (Wildman–Crippen LogP) is 3.23. The molecule has 0 atom stereocenters. The molecule has 1 saturated heterocycles. The van der Waals surface area contributed by atoms with Crippen molar-refractivity contribution in [2.24, 2.45) is 5.10 Å². The van der Waals surface area contributed by atoms with Gasteiger partial charge in [0.25, 0.3) is 0 Å². The summed E-state index contributed by atoms with van der Waals surface area (Å²) in [4.78, 5) is 25.3. The Kier molecular flexibility index (Phi) is 7.82. The molecule has 2 heterocycles. The van der Waals surface area contributed by atoms with Gasteiger partial charge in [-0.15, -0.1) is 0 Å². The van der Waals surface area contributed by atoms with Gasteiger partial charge in [-0.25, -0.2) is 13.4 Å². The van der Waals surface area contributed by atoms with Crippen LogP contribution in [-0.2, 0) is 19.6 Å². The van der Waals surface area contributed by atoms with E-state index in [0.717, 1.165) is 30.5 Å². The molecule has 1 fully saturated rings. The summed E-state index contributed by atoms with van der Waals surface area (Å²) in [5, 5.41) is 8.52. The molecule has 0 radical (unpaired) electrons. The van der Waals surface area contributed by atoms with Crippen LogP contribution < -0.4 is 10.1 Å². The quantitative estimate of drug-likeness (QED) is 0.601. The Balaban J connectivity index is 1.38. The fourth-order valence-electron chi connectivity index (χ4n) is 4.23. The van der Waals surface area contributed by atoms with Gasteiger partial charge in [0.15, 0.2) is 0 Å². The van der Waals surface area contributed by atoms with Gasteiger partial charge >= 0.3 is 0 Å². The standard InChI is InChI=1S/C25H30N4O5S/c1-34-23-11-10-20(35(32,33)28-15-6-3-7-16-28)18-22(23)26-24(30)12-13-25(31)29-17-14-21(27-29)19-8-4-2-5-9-19/h2,4-5,8-11,18H,3,6-7,12-17H2,1H3,(H,26,30). The van der Waals surface area contributed by atoms with E-state index in [4.69, 9.17) is 4.74 Å². The lowest BCUT2D eigenvalue weighted by Gasteiger charge is -2.26. The minimum atomic E-state index is -3.66. The molecule has 0 aromatic heterocycles. The van der Waals surface area contributed by atoms with Crippen LogP contribution in [0.4, 0.5) is 5.69 Å². The summed E-state index contributed by atoms with van der Waals surface area (Å²) in [5.41, 5.74) is 2.08. The Bertz CT molecular complexity index is 1210. The number of piperidine rings is 1. The molecule has 0 unspecified atom stereocenters. The normalized spacial score (nSPS) is 16.6. The summed E-state index contributed by atoms with van der Waals surface area (Å²) in [6.45, 7) is 1.46. The highest BCUT2D eigenvalue weighted by Gasteiger charge is 2.27. The third-order valence-electron chi connectivity index (χ3n) is 6.16. The van der Waals surface area contributed by atoms with Crippen molar-refractivity contribution < 1.29 is 22.7 Å². The van der Waals surface area contributed by atoms with Gasteiger partial charge in [0.2, 0.25) is 21.8 Å². The number of anilines is 1. The monoisotopic (exact) mass is 498 g/mol. The summed E-state index contributed by atoms with van der Waals surface area (Å²) >= 11 is 0. The van der Waals surface area contributed by atoms with Crippen LogP contribution in [0.1, 0.15) is 44.1 Å². The second-order valence-electron chi connectivity index (χ2n) is 8.55. The number of hydrogen-bond acceptors (Lipinski definition) is 6. The van der Waals surface area contributed by atoms with Gasteiger partial charge in [-0.2, -0.15) is 9.41 Å². The van der Waals surface area contributed by atoms with Crippen LogP contribution >= 0.6 is 0 Å². The van der Waals surface area contributed by atoms with Crippen molar-refractivity contribution in [3.8, 4) is 5.75 Å². The second kappa shape index (κ2) is 11.0. The third-order valence-corrected chi connectivity index (χ3v) is 8.06. The largest absolute Gasteiger partial charge is 0.495 e. The number of sulfonamides is 1. The first-order valence-electron chi connectivity index (χ1n) is 11.8. The number of carbonyl (C=O) groups is 2. The summed E-state index contributed by atoms with van der Waals surface area (Å²) in [6, 6.07) is 14.1. The summed E-state index contributed by atoms with van der Waals surface area (Å²) in [6.07, 6.45) is 3.29. The number of ether oxygens (including phenoxy) is 1. The van der Waals surface area contributed by atoms with Crippen LogP contribution in [0, 0.1) is 0 Å². The highest BCUT2D eigenvalue weighted by Crippen LogP contribution is 2.30. The molecule has 0 aliphatic carbocycles. The van der Waals surface area contributed by atoms with Gasteiger partial charge in [0.05, 0.1) is 29.9 Å². The first-order chi connectivity index (χ1) is 16.9. The molecule has 9 nitrogen and oxygen atoms in total. The van der Waals surface area contributed by atoms with Gasteiger partial charge < -0.3 is 10.1 Å². The number of hydrogen-bond donors (Lipinski definition) is 1. The number of amides is 2. The van der Waals surface area contributed by atoms with E-state index in [-0.39, 0.29) is 29.3 Å². The predicted molar refractivity (Wildman–Crippen MR) is 133 cm³/mol. The molecule has 2 aliphatic heterocycles. The Morgan fingerprint density at radius 1 is 1.00 bits per heavy atom. The lowest BCUT2D eigenvalue weighted by atomic mass is 10.1. The molecule has 2 aromatic rings.